The molecule has 128 valence electrons. The molecule has 1 aliphatic rings. The number of nitrogens with one attached hydrogen (secondary N) is 1. The normalized spacial score (nSPS) is 14.3. The van der Waals surface area contributed by atoms with Crippen LogP contribution in [0, 0.1) is 12.7 Å². The summed E-state index contributed by atoms with van der Waals surface area (Å²) in [7, 11) is 0. The summed E-state index contributed by atoms with van der Waals surface area (Å²) >= 11 is 0. The topological polar surface area (TPSA) is 49.4 Å². The van der Waals surface area contributed by atoms with Crippen molar-refractivity contribution in [3.8, 4) is 0 Å². The highest BCUT2D eigenvalue weighted by Crippen LogP contribution is 2.22. The molecule has 1 fully saturated rings. The highest BCUT2D eigenvalue weighted by molar-refractivity contribution is 6.02. The number of hydrogen-bond acceptors (Lipinski definition) is 2. The van der Waals surface area contributed by atoms with Gasteiger partial charge in [0, 0.05) is 24.7 Å². The number of carbonyl (C=O) groups is 2. The van der Waals surface area contributed by atoms with Gasteiger partial charge in [-0.05, 0) is 54.8 Å². The SMILES string of the molecule is Cc1ccc(F)c(NC(=O)/C=C/c2ccc(N3CCCC3=O)cc2)c1. The van der Waals surface area contributed by atoms with Crippen LogP contribution in [0.3, 0.4) is 0 Å². The van der Waals surface area contributed by atoms with Crippen LogP contribution in [0.15, 0.2) is 48.5 Å². The molecule has 2 amide bonds. The lowest BCUT2D eigenvalue weighted by atomic mass is 10.1. The largest absolute Gasteiger partial charge is 0.320 e. The average Bonchev–Trinajstić information content (AvgIpc) is 3.03. The molecule has 3 rings (SSSR count). The highest BCUT2D eigenvalue weighted by Gasteiger charge is 2.21. The van der Waals surface area contributed by atoms with Crippen LogP contribution in [0.1, 0.15) is 24.0 Å². The standard InChI is InChI=1S/C20H19FN2O2/c1-14-4-10-17(21)18(13-14)22-19(24)11-7-15-5-8-16(9-6-15)23-12-2-3-20(23)25/h4-11,13H,2-3,12H2,1H3,(H,22,24)/b11-7+. The Morgan fingerprint density at radius 3 is 2.64 bits per heavy atom. The monoisotopic (exact) mass is 338 g/mol. The lowest BCUT2D eigenvalue weighted by Gasteiger charge is -2.15. The van der Waals surface area contributed by atoms with E-state index in [0.29, 0.717) is 6.42 Å². The fourth-order valence-electron chi connectivity index (χ4n) is 2.77. The Morgan fingerprint density at radius 1 is 1.20 bits per heavy atom. The Labute approximate surface area is 146 Å². The Bertz CT molecular complexity index is 828. The molecule has 0 radical (unpaired) electrons. The molecule has 25 heavy (non-hydrogen) atoms. The van der Waals surface area contributed by atoms with Gasteiger partial charge in [0.15, 0.2) is 0 Å². The first-order valence-corrected chi connectivity index (χ1v) is 8.18. The Morgan fingerprint density at radius 2 is 1.96 bits per heavy atom. The van der Waals surface area contributed by atoms with Gasteiger partial charge in [0.2, 0.25) is 11.8 Å². The molecule has 2 aromatic rings. The van der Waals surface area contributed by atoms with Crippen LogP contribution in [0.4, 0.5) is 15.8 Å². The average molecular weight is 338 g/mol. The van der Waals surface area contributed by atoms with Crippen LogP contribution in [-0.2, 0) is 9.59 Å². The molecular weight excluding hydrogens is 319 g/mol. The summed E-state index contributed by atoms with van der Waals surface area (Å²) in [6.45, 7) is 2.58. The molecule has 0 bridgehead atoms. The maximum atomic E-state index is 13.6. The van der Waals surface area contributed by atoms with E-state index in [1.807, 2.05) is 31.2 Å². The van der Waals surface area contributed by atoms with Crippen LogP contribution in [0.5, 0.6) is 0 Å². The summed E-state index contributed by atoms with van der Waals surface area (Å²) in [4.78, 5) is 25.4. The third kappa shape index (κ3) is 4.12. The summed E-state index contributed by atoms with van der Waals surface area (Å²) in [5, 5.41) is 2.53. The van der Waals surface area contributed by atoms with Gasteiger partial charge in [0.05, 0.1) is 5.69 Å². The molecule has 0 aromatic heterocycles. The molecule has 1 aliphatic heterocycles. The number of carbonyl (C=O) groups excluding carboxylic acids is 2. The molecule has 0 unspecified atom stereocenters. The molecule has 0 aliphatic carbocycles. The van der Waals surface area contributed by atoms with Gasteiger partial charge in [-0.25, -0.2) is 4.39 Å². The van der Waals surface area contributed by atoms with E-state index in [4.69, 9.17) is 0 Å². The summed E-state index contributed by atoms with van der Waals surface area (Å²) in [6, 6.07) is 12.0. The first-order valence-electron chi connectivity index (χ1n) is 8.18. The zero-order valence-corrected chi connectivity index (χ0v) is 14.0. The van der Waals surface area contributed by atoms with Crippen molar-refractivity contribution in [2.45, 2.75) is 19.8 Å². The predicted octanol–water partition coefficient (Wildman–Crippen LogP) is 3.91. The van der Waals surface area contributed by atoms with E-state index in [1.54, 1.807) is 23.1 Å². The number of amides is 2. The van der Waals surface area contributed by atoms with Crippen LogP contribution in [0.25, 0.3) is 6.08 Å². The molecule has 1 heterocycles. The Balaban J connectivity index is 1.64. The van der Waals surface area contributed by atoms with Crippen LogP contribution >= 0.6 is 0 Å². The maximum Gasteiger partial charge on any atom is 0.248 e. The molecule has 1 saturated heterocycles. The van der Waals surface area contributed by atoms with E-state index in [0.717, 1.165) is 29.8 Å². The molecule has 2 aromatic carbocycles. The summed E-state index contributed by atoms with van der Waals surface area (Å²) in [5.41, 5.74) is 2.73. The number of aryl methyl sites for hydroxylation is 1. The maximum absolute atomic E-state index is 13.6. The van der Waals surface area contributed by atoms with Gasteiger partial charge in [-0.15, -0.1) is 0 Å². The van der Waals surface area contributed by atoms with Crippen molar-refractivity contribution in [2.24, 2.45) is 0 Å². The second-order valence-corrected chi connectivity index (χ2v) is 6.05. The molecule has 4 nitrogen and oxygen atoms in total. The number of benzene rings is 2. The van der Waals surface area contributed by atoms with Gasteiger partial charge in [-0.3, -0.25) is 9.59 Å². The van der Waals surface area contributed by atoms with Gasteiger partial charge in [0.1, 0.15) is 5.82 Å². The van der Waals surface area contributed by atoms with Crippen molar-refractivity contribution in [1.29, 1.82) is 0 Å². The second kappa shape index (κ2) is 7.30. The molecule has 0 spiro atoms. The smallest absolute Gasteiger partial charge is 0.248 e. The van der Waals surface area contributed by atoms with E-state index in [1.165, 1.54) is 12.1 Å². The van der Waals surface area contributed by atoms with Crippen molar-refractivity contribution in [2.75, 3.05) is 16.8 Å². The molecular formula is C20H19FN2O2. The minimum atomic E-state index is -0.466. The first-order chi connectivity index (χ1) is 12.0. The third-order valence-electron chi connectivity index (χ3n) is 4.09. The van der Waals surface area contributed by atoms with Gasteiger partial charge in [-0.2, -0.15) is 0 Å². The minimum Gasteiger partial charge on any atom is -0.320 e. The van der Waals surface area contributed by atoms with Crippen LogP contribution in [0.2, 0.25) is 0 Å². The lowest BCUT2D eigenvalue weighted by molar-refractivity contribution is -0.117. The number of halogens is 1. The zero-order chi connectivity index (χ0) is 17.8. The molecule has 0 atom stereocenters. The zero-order valence-electron chi connectivity index (χ0n) is 14.0. The number of anilines is 2. The van der Waals surface area contributed by atoms with E-state index >= 15 is 0 Å². The van der Waals surface area contributed by atoms with Gasteiger partial charge in [0.25, 0.3) is 0 Å². The van der Waals surface area contributed by atoms with E-state index < -0.39 is 11.7 Å². The predicted molar refractivity (Wildman–Crippen MR) is 96.8 cm³/mol. The Kier molecular flexibility index (Phi) is 4.93. The van der Waals surface area contributed by atoms with E-state index in [-0.39, 0.29) is 11.6 Å². The fourth-order valence-corrected chi connectivity index (χ4v) is 2.77. The minimum absolute atomic E-state index is 0.142. The van der Waals surface area contributed by atoms with Crippen LogP contribution in [-0.4, -0.2) is 18.4 Å². The van der Waals surface area contributed by atoms with Crippen molar-refractivity contribution < 1.29 is 14.0 Å². The first kappa shape index (κ1) is 16.9. The van der Waals surface area contributed by atoms with E-state index in [9.17, 15) is 14.0 Å². The quantitative estimate of drug-likeness (QED) is 0.859. The third-order valence-corrected chi connectivity index (χ3v) is 4.09. The number of hydrogen-bond donors (Lipinski definition) is 1. The number of nitrogens with zero attached hydrogens (tertiary/aromatic N) is 1. The van der Waals surface area contributed by atoms with Gasteiger partial charge < -0.3 is 10.2 Å². The van der Waals surface area contributed by atoms with Crippen molar-refractivity contribution in [3.63, 3.8) is 0 Å². The molecule has 1 N–H and O–H groups in total. The van der Waals surface area contributed by atoms with Crippen molar-refractivity contribution >= 4 is 29.3 Å². The Hall–Kier alpha value is -2.95. The van der Waals surface area contributed by atoms with E-state index in [2.05, 4.69) is 5.32 Å². The van der Waals surface area contributed by atoms with Gasteiger partial charge >= 0.3 is 0 Å². The summed E-state index contributed by atoms with van der Waals surface area (Å²) in [6.07, 6.45) is 4.49. The highest BCUT2D eigenvalue weighted by atomic mass is 19.1. The summed E-state index contributed by atoms with van der Waals surface area (Å²) in [5.74, 6) is -0.724. The lowest BCUT2D eigenvalue weighted by Crippen LogP contribution is -2.23. The van der Waals surface area contributed by atoms with Crippen molar-refractivity contribution in [1.82, 2.24) is 0 Å². The van der Waals surface area contributed by atoms with Gasteiger partial charge in [-0.1, -0.05) is 18.2 Å². The number of rotatable bonds is 4. The molecule has 5 heteroatoms. The fraction of sp³-hybridized carbons (Fsp3) is 0.200. The van der Waals surface area contributed by atoms with Crippen LogP contribution < -0.4 is 10.2 Å². The second-order valence-electron chi connectivity index (χ2n) is 6.05. The van der Waals surface area contributed by atoms with Crippen molar-refractivity contribution in [3.05, 3.63) is 65.5 Å². The molecule has 0 saturated carbocycles. The summed E-state index contributed by atoms with van der Waals surface area (Å²) < 4.78 is 13.6.